The Morgan fingerprint density at radius 3 is 2.71 bits per heavy atom. The van der Waals surface area contributed by atoms with Gasteiger partial charge in [0.05, 0.1) is 24.7 Å². The number of benzene rings is 2. The van der Waals surface area contributed by atoms with Crippen molar-refractivity contribution in [3.05, 3.63) is 65.4 Å². The number of aryl methyl sites for hydroxylation is 1. The zero-order chi connectivity index (χ0) is 23.8. The minimum Gasteiger partial charge on any atom is -0.378 e. The van der Waals surface area contributed by atoms with Crippen LogP contribution < -0.4 is 4.90 Å². The quantitative estimate of drug-likeness (QED) is 0.433. The molecule has 2 aromatic heterocycles. The lowest BCUT2D eigenvalue weighted by atomic mass is 10.0. The van der Waals surface area contributed by atoms with Crippen molar-refractivity contribution in [1.29, 1.82) is 0 Å². The molecule has 0 saturated carbocycles. The van der Waals surface area contributed by atoms with Crippen LogP contribution in [0.15, 0.2) is 53.7 Å². The number of carbonyl (C=O) groups excluding carboxylic acids is 1. The van der Waals surface area contributed by atoms with Crippen molar-refractivity contribution in [2.24, 2.45) is 0 Å². The number of para-hydroxylation sites is 2. The van der Waals surface area contributed by atoms with Crippen LogP contribution in [-0.2, 0) is 22.5 Å². The number of nitrogens with one attached hydrogen (secondary N) is 1. The fourth-order valence-corrected chi connectivity index (χ4v) is 5.79. The van der Waals surface area contributed by atoms with E-state index in [2.05, 4.69) is 61.9 Å². The summed E-state index contributed by atoms with van der Waals surface area (Å²) in [5.41, 5.74) is 5.80. The fraction of sp³-hybridized carbons (Fsp3) is 0.346. The molecule has 2 aliphatic heterocycles. The second-order valence-corrected chi connectivity index (χ2v) is 9.93. The van der Waals surface area contributed by atoms with E-state index in [1.807, 2.05) is 23.1 Å². The summed E-state index contributed by atoms with van der Waals surface area (Å²) in [5.74, 6) is 1.25. The number of thioether (sulfide) groups is 1. The van der Waals surface area contributed by atoms with Gasteiger partial charge in [0.1, 0.15) is 0 Å². The highest BCUT2D eigenvalue weighted by Gasteiger charge is 2.26. The number of aromatic amines is 1. The number of rotatable bonds is 5. The third-order valence-corrected chi connectivity index (χ3v) is 7.74. The molecule has 35 heavy (non-hydrogen) atoms. The van der Waals surface area contributed by atoms with Crippen LogP contribution in [-0.4, -0.2) is 69.2 Å². The molecule has 180 valence electrons. The van der Waals surface area contributed by atoms with Crippen LogP contribution in [0.25, 0.3) is 16.6 Å². The highest BCUT2D eigenvalue weighted by atomic mass is 32.2. The summed E-state index contributed by atoms with van der Waals surface area (Å²) >= 11 is 1.46. The molecule has 0 radical (unpaired) electrons. The molecule has 0 bridgehead atoms. The van der Waals surface area contributed by atoms with Gasteiger partial charge in [0.15, 0.2) is 5.16 Å². The first-order valence-electron chi connectivity index (χ1n) is 12.0. The Balaban J connectivity index is 1.23. The van der Waals surface area contributed by atoms with E-state index in [1.165, 1.54) is 28.4 Å². The third-order valence-electron chi connectivity index (χ3n) is 6.83. The summed E-state index contributed by atoms with van der Waals surface area (Å²) in [7, 11) is 0. The molecule has 0 atom stereocenters. The Morgan fingerprint density at radius 2 is 1.86 bits per heavy atom. The summed E-state index contributed by atoms with van der Waals surface area (Å²) in [6.45, 7) is 6.34. The van der Waals surface area contributed by atoms with Gasteiger partial charge in [-0.25, -0.2) is 0 Å². The van der Waals surface area contributed by atoms with Gasteiger partial charge in [-0.3, -0.25) is 9.36 Å². The predicted molar refractivity (Wildman–Crippen MR) is 137 cm³/mol. The first kappa shape index (κ1) is 22.2. The number of morpholine rings is 1. The Kier molecular flexibility index (Phi) is 5.95. The van der Waals surface area contributed by atoms with Crippen LogP contribution in [0, 0.1) is 6.92 Å². The number of anilines is 1. The molecule has 1 saturated heterocycles. The minimum atomic E-state index is 0.123. The number of ether oxygens (including phenoxy) is 1. The molecule has 0 unspecified atom stereocenters. The summed E-state index contributed by atoms with van der Waals surface area (Å²) in [4.78, 5) is 21.0. The SMILES string of the molecule is Cc1ccccc1-n1c(SCC(=O)N2CCc3[nH]c4ccccc4c3C2)nnc1N1CCOCC1. The van der Waals surface area contributed by atoms with E-state index in [0.29, 0.717) is 25.5 Å². The molecule has 0 aliphatic carbocycles. The van der Waals surface area contributed by atoms with E-state index in [9.17, 15) is 4.79 Å². The van der Waals surface area contributed by atoms with Crippen LogP contribution in [0.5, 0.6) is 0 Å². The highest BCUT2D eigenvalue weighted by Crippen LogP contribution is 2.31. The number of hydrogen-bond acceptors (Lipinski definition) is 6. The molecule has 1 N–H and O–H groups in total. The van der Waals surface area contributed by atoms with Gasteiger partial charge in [0, 0.05) is 54.8 Å². The Hall–Kier alpha value is -3.30. The molecule has 4 heterocycles. The normalized spacial score (nSPS) is 16.0. The molecule has 0 spiro atoms. The van der Waals surface area contributed by atoms with Gasteiger partial charge in [-0.05, 0) is 24.6 Å². The van der Waals surface area contributed by atoms with E-state index in [-0.39, 0.29) is 5.91 Å². The van der Waals surface area contributed by atoms with Crippen LogP contribution in [0.4, 0.5) is 5.95 Å². The van der Waals surface area contributed by atoms with E-state index in [0.717, 1.165) is 53.9 Å². The lowest BCUT2D eigenvalue weighted by molar-refractivity contribution is -0.129. The highest BCUT2D eigenvalue weighted by molar-refractivity contribution is 7.99. The van der Waals surface area contributed by atoms with Gasteiger partial charge in [-0.2, -0.15) is 0 Å². The Morgan fingerprint density at radius 1 is 1.06 bits per heavy atom. The maximum Gasteiger partial charge on any atom is 0.233 e. The van der Waals surface area contributed by atoms with E-state index >= 15 is 0 Å². The smallest absolute Gasteiger partial charge is 0.233 e. The van der Waals surface area contributed by atoms with Gasteiger partial charge in [0.25, 0.3) is 0 Å². The van der Waals surface area contributed by atoms with E-state index in [1.54, 1.807) is 0 Å². The third kappa shape index (κ3) is 4.19. The largest absolute Gasteiger partial charge is 0.378 e. The molecular weight excluding hydrogens is 460 g/mol. The molecule has 2 aromatic carbocycles. The number of carbonyl (C=O) groups is 1. The average Bonchev–Trinajstić information content (AvgIpc) is 3.49. The van der Waals surface area contributed by atoms with Gasteiger partial charge < -0.3 is 19.5 Å². The second-order valence-electron chi connectivity index (χ2n) is 8.99. The molecular formula is C26H28N6O2S. The number of hydrogen-bond donors (Lipinski definition) is 1. The monoisotopic (exact) mass is 488 g/mol. The summed E-state index contributed by atoms with van der Waals surface area (Å²) in [5, 5.41) is 11.0. The Labute approximate surface area is 208 Å². The first-order valence-corrected chi connectivity index (χ1v) is 13.0. The fourth-order valence-electron chi connectivity index (χ4n) is 4.95. The van der Waals surface area contributed by atoms with Crippen molar-refractivity contribution in [2.75, 3.05) is 43.5 Å². The number of H-pyrrole nitrogens is 1. The summed E-state index contributed by atoms with van der Waals surface area (Å²) < 4.78 is 7.62. The molecule has 2 aliphatic rings. The van der Waals surface area contributed by atoms with Crippen molar-refractivity contribution in [2.45, 2.75) is 25.0 Å². The van der Waals surface area contributed by atoms with E-state index in [4.69, 9.17) is 4.74 Å². The zero-order valence-electron chi connectivity index (χ0n) is 19.7. The second kappa shape index (κ2) is 9.39. The Bertz CT molecular complexity index is 1370. The van der Waals surface area contributed by atoms with Crippen LogP contribution in [0.3, 0.4) is 0 Å². The topological polar surface area (TPSA) is 79.3 Å². The molecule has 1 fully saturated rings. The molecule has 8 nitrogen and oxygen atoms in total. The zero-order valence-corrected chi connectivity index (χ0v) is 20.6. The standard InChI is InChI=1S/C26H28N6O2S/c1-18-6-2-5-9-23(18)32-25(30-12-14-34-15-13-30)28-29-26(32)35-17-24(33)31-11-10-22-20(16-31)19-7-3-4-8-21(19)27-22/h2-9,27H,10-17H2,1H3. The van der Waals surface area contributed by atoms with Gasteiger partial charge >= 0.3 is 0 Å². The maximum absolute atomic E-state index is 13.3. The number of aromatic nitrogens is 4. The average molecular weight is 489 g/mol. The number of nitrogens with zero attached hydrogens (tertiary/aromatic N) is 5. The lowest BCUT2D eigenvalue weighted by Crippen LogP contribution is -2.38. The molecule has 9 heteroatoms. The van der Waals surface area contributed by atoms with Gasteiger partial charge in [0.2, 0.25) is 11.9 Å². The van der Waals surface area contributed by atoms with Gasteiger partial charge in [-0.15, -0.1) is 10.2 Å². The number of amides is 1. The van der Waals surface area contributed by atoms with Crippen molar-refractivity contribution in [3.8, 4) is 5.69 Å². The van der Waals surface area contributed by atoms with Crippen molar-refractivity contribution < 1.29 is 9.53 Å². The van der Waals surface area contributed by atoms with Crippen LogP contribution in [0.1, 0.15) is 16.8 Å². The van der Waals surface area contributed by atoms with E-state index < -0.39 is 0 Å². The summed E-state index contributed by atoms with van der Waals surface area (Å²) in [6.07, 6.45) is 0.848. The van der Waals surface area contributed by atoms with Crippen LogP contribution in [0.2, 0.25) is 0 Å². The first-order chi connectivity index (χ1) is 17.2. The molecule has 6 rings (SSSR count). The predicted octanol–water partition coefficient (Wildman–Crippen LogP) is 3.57. The van der Waals surface area contributed by atoms with Crippen molar-refractivity contribution in [3.63, 3.8) is 0 Å². The lowest BCUT2D eigenvalue weighted by Gasteiger charge is -2.28. The molecule has 4 aromatic rings. The van der Waals surface area contributed by atoms with Crippen molar-refractivity contribution in [1.82, 2.24) is 24.6 Å². The maximum atomic E-state index is 13.3. The van der Waals surface area contributed by atoms with Crippen LogP contribution >= 0.6 is 11.8 Å². The summed E-state index contributed by atoms with van der Waals surface area (Å²) in [6, 6.07) is 16.5. The minimum absolute atomic E-state index is 0.123. The molecule has 1 amide bonds. The van der Waals surface area contributed by atoms with Gasteiger partial charge in [-0.1, -0.05) is 48.2 Å². The van der Waals surface area contributed by atoms with Crippen molar-refractivity contribution >= 4 is 34.5 Å². The number of fused-ring (bicyclic) bond motifs is 3.